The topological polar surface area (TPSA) is 91.8 Å². The first-order chi connectivity index (χ1) is 11.0. The minimum absolute atomic E-state index is 0.0837. The maximum atomic E-state index is 11.5. The first kappa shape index (κ1) is 17.2. The van der Waals surface area contributed by atoms with Crippen molar-refractivity contribution in [2.24, 2.45) is 0 Å². The van der Waals surface area contributed by atoms with Crippen LogP contribution in [0.2, 0.25) is 0 Å². The van der Waals surface area contributed by atoms with Crippen LogP contribution in [0.25, 0.3) is 0 Å². The Bertz CT molecular complexity index is 541. The summed E-state index contributed by atoms with van der Waals surface area (Å²) in [6.45, 7) is 4.89. The third-order valence-electron chi connectivity index (χ3n) is 4.00. The molecule has 1 aliphatic carbocycles. The number of nitrogens with one attached hydrogen (secondary N) is 1. The van der Waals surface area contributed by atoms with Gasteiger partial charge >= 0.3 is 11.9 Å². The second-order valence-corrected chi connectivity index (χ2v) is 5.58. The molecule has 7 nitrogen and oxygen atoms in total. The van der Waals surface area contributed by atoms with E-state index < -0.39 is 5.97 Å². The van der Waals surface area contributed by atoms with Gasteiger partial charge in [0.1, 0.15) is 5.82 Å². The molecule has 0 bridgehead atoms. The number of carboxylic acids is 1. The number of pyridine rings is 1. The lowest BCUT2D eigenvalue weighted by molar-refractivity contribution is -0.139. The van der Waals surface area contributed by atoms with Crippen molar-refractivity contribution in [2.75, 3.05) is 25.0 Å². The molecule has 0 aliphatic heterocycles. The number of carboxylic acid groups (broad SMARTS) is 1. The highest BCUT2D eigenvalue weighted by Gasteiger charge is 2.33. The van der Waals surface area contributed by atoms with E-state index in [1.54, 1.807) is 19.1 Å². The van der Waals surface area contributed by atoms with Crippen LogP contribution in [0.4, 0.5) is 5.82 Å². The van der Waals surface area contributed by atoms with Gasteiger partial charge in [0, 0.05) is 18.3 Å². The van der Waals surface area contributed by atoms with E-state index in [1.165, 1.54) is 6.20 Å². The summed E-state index contributed by atoms with van der Waals surface area (Å²) in [6.07, 6.45) is 3.28. The van der Waals surface area contributed by atoms with Gasteiger partial charge in [-0.05, 0) is 38.4 Å². The summed E-state index contributed by atoms with van der Waals surface area (Å²) in [5.41, 5.74) is 0.433. The van der Waals surface area contributed by atoms with E-state index in [4.69, 9.17) is 9.84 Å². The van der Waals surface area contributed by atoms with E-state index in [-0.39, 0.29) is 18.6 Å². The molecule has 0 spiro atoms. The Kier molecular flexibility index (Phi) is 5.92. The zero-order valence-corrected chi connectivity index (χ0v) is 13.5. The van der Waals surface area contributed by atoms with Crippen molar-refractivity contribution in [3.8, 4) is 0 Å². The van der Waals surface area contributed by atoms with Crippen molar-refractivity contribution in [1.82, 2.24) is 9.88 Å². The molecule has 23 heavy (non-hydrogen) atoms. The Hall–Kier alpha value is -2.15. The van der Waals surface area contributed by atoms with Crippen LogP contribution in [0.3, 0.4) is 0 Å². The van der Waals surface area contributed by atoms with Crippen molar-refractivity contribution >= 4 is 17.8 Å². The highest BCUT2D eigenvalue weighted by molar-refractivity contribution is 5.89. The van der Waals surface area contributed by atoms with Crippen LogP contribution in [0.15, 0.2) is 18.3 Å². The molecule has 1 fully saturated rings. The third kappa shape index (κ3) is 4.66. The zero-order valence-electron chi connectivity index (χ0n) is 13.5. The van der Waals surface area contributed by atoms with E-state index in [2.05, 4.69) is 10.3 Å². The van der Waals surface area contributed by atoms with Gasteiger partial charge in [-0.15, -0.1) is 0 Å². The van der Waals surface area contributed by atoms with Gasteiger partial charge < -0.3 is 15.2 Å². The Labute approximate surface area is 135 Å². The lowest BCUT2D eigenvalue weighted by Gasteiger charge is -2.42. The number of esters is 1. The van der Waals surface area contributed by atoms with Crippen molar-refractivity contribution in [3.63, 3.8) is 0 Å². The van der Waals surface area contributed by atoms with Crippen LogP contribution in [0.5, 0.6) is 0 Å². The summed E-state index contributed by atoms with van der Waals surface area (Å²) in [5, 5.41) is 12.2. The van der Waals surface area contributed by atoms with E-state index in [0.29, 0.717) is 24.0 Å². The van der Waals surface area contributed by atoms with Gasteiger partial charge in [-0.2, -0.15) is 0 Å². The predicted octanol–water partition coefficient (Wildman–Crippen LogP) is 1.61. The molecular weight excluding hydrogens is 298 g/mol. The second-order valence-electron chi connectivity index (χ2n) is 5.58. The number of ether oxygens (including phenoxy) is 1. The number of anilines is 1. The summed E-state index contributed by atoms with van der Waals surface area (Å²) in [5.74, 6) is -0.454. The second kappa shape index (κ2) is 7.92. The van der Waals surface area contributed by atoms with Gasteiger partial charge in [0.05, 0.1) is 18.7 Å². The summed E-state index contributed by atoms with van der Waals surface area (Å²) in [4.78, 5) is 28.6. The van der Waals surface area contributed by atoms with Crippen LogP contribution in [-0.2, 0) is 9.53 Å². The van der Waals surface area contributed by atoms with E-state index in [0.717, 1.165) is 19.4 Å². The van der Waals surface area contributed by atoms with E-state index >= 15 is 0 Å². The number of rotatable bonds is 8. The molecule has 2 rings (SSSR count). The molecule has 1 aromatic rings. The number of aliphatic carboxylic acids is 1. The fraction of sp³-hybridized carbons (Fsp3) is 0.562. The molecule has 7 heteroatoms. The predicted molar refractivity (Wildman–Crippen MR) is 85.5 cm³/mol. The number of carbonyl (C=O) groups excluding carboxylic acids is 1. The molecule has 0 radical (unpaired) electrons. The third-order valence-corrected chi connectivity index (χ3v) is 4.00. The monoisotopic (exact) mass is 321 g/mol. The molecule has 0 atom stereocenters. The maximum Gasteiger partial charge on any atom is 0.339 e. The van der Waals surface area contributed by atoms with Gasteiger partial charge in [0.25, 0.3) is 0 Å². The number of carbonyl (C=O) groups is 2. The zero-order chi connectivity index (χ0) is 16.8. The average Bonchev–Trinajstić information content (AvgIpc) is 2.49. The van der Waals surface area contributed by atoms with Crippen LogP contribution >= 0.6 is 0 Å². The maximum absolute atomic E-state index is 11.5. The van der Waals surface area contributed by atoms with Gasteiger partial charge in [0.2, 0.25) is 0 Å². The summed E-state index contributed by atoms with van der Waals surface area (Å²) in [6, 6.07) is 4.02. The molecule has 1 saturated carbocycles. The van der Waals surface area contributed by atoms with Gasteiger partial charge in [0.15, 0.2) is 0 Å². The highest BCUT2D eigenvalue weighted by Crippen LogP contribution is 2.28. The molecular formula is C16H23N3O4. The summed E-state index contributed by atoms with van der Waals surface area (Å²) >= 11 is 0. The Morgan fingerprint density at radius 3 is 2.65 bits per heavy atom. The molecule has 126 valence electrons. The molecule has 0 aromatic carbocycles. The fourth-order valence-electron chi connectivity index (χ4n) is 2.70. The summed E-state index contributed by atoms with van der Waals surface area (Å²) < 4.78 is 4.91. The SMILES string of the molecule is CCOC(=O)c1ccc(NC2CC(N(CC)CC(=O)O)C2)nc1. The van der Waals surface area contributed by atoms with E-state index in [9.17, 15) is 9.59 Å². The van der Waals surface area contributed by atoms with Crippen molar-refractivity contribution in [1.29, 1.82) is 0 Å². The van der Waals surface area contributed by atoms with Crippen LogP contribution in [-0.4, -0.2) is 58.7 Å². The van der Waals surface area contributed by atoms with Crippen LogP contribution < -0.4 is 5.32 Å². The molecule has 0 unspecified atom stereocenters. The van der Waals surface area contributed by atoms with Gasteiger partial charge in [-0.1, -0.05) is 6.92 Å². The number of hydrogen-bond acceptors (Lipinski definition) is 6. The van der Waals surface area contributed by atoms with Gasteiger partial charge in [-0.25, -0.2) is 9.78 Å². The molecule has 2 N–H and O–H groups in total. The lowest BCUT2D eigenvalue weighted by atomic mass is 9.85. The fourth-order valence-corrected chi connectivity index (χ4v) is 2.70. The Morgan fingerprint density at radius 1 is 1.39 bits per heavy atom. The summed E-state index contributed by atoms with van der Waals surface area (Å²) in [7, 11) is 0. The Balaban J connectivity index is 1.81. The highest BCUT2D eigenvalue weighted by atomic mass is 16.5. The van der Waals surface area contributed by atoms with Crippen molar-refractivity contribution in [3.05, 3.63) is 23.9 Å². The number of aromatic nitrogens is 1. The normalized spacial score (nSPS) is 20.0. The quantitative estimate of drug-likeness (QED) is 0.703. The van der Waals surface area contributed by atoms with Gasteiger partial charge in [-0.3, -0.25) is 9.69 Å². The molecule has 1 heterocycles. The smallest absolute Gasteiger partial charge is 0.339 e. The molecule has 0 amide bonds. The molecule has 1 aromatic heterocycles. The Morgan fingerprint density at radius 2 is 2.13 bits per heavy atom. The largest absolute Gasteiger partial charge is 0.480 e. The molecule has 0 saturated heterocycles. The van der Waals surface area contributed by atoms with Crippen LogP contribution in [0.1, 0.15) is 37.0 Å². The number of hydrogen-bond donors (Lipinski definition) is 2. The van der Waals surface area contributed by atoms with Crippen LogP contribution in [0, 0.1) is 0 Å². The minimum atomic E-state index is -0.792. The lowest BCUT2D eigenvalue weighted by Crippen LogP contribution is -2.51. The number of nitrogens with zero attached hydrogens (tertiary/aromatic N) is 2. The average molecular weight is 321 g/mol. The minimum Gasteiger partial charge on any atom is -0.480 e. The molecule has 1 aliphatic rings. The van der Waals surface area contributed by atoms with Crippen molar-refractivity contribution < 1.29 is 19.4 Å². The number of likely N-dealkylation sites (N-methyl/N-ethyl adjacent to an activating group) is 1. The first-order valence-corrected chi connectivity index (χ1v) is 7.89. The first-order valence-electron chi connectivity index (χ1n) is 7.89. The standard InChI is InChI=1S/C16H23N3O4/c1-3-19(10-15(20)21)13-7-12(8-13)18-14-6-5-11(9-17-14)16(22)23-4-2/h5-6,9,12-13H,3-4,7-8,10H2,1-2H3,(H,17,18)(H,20,21). The van der Waals surface area contributed by atoms with Crippen molar-refractivity contribution in [2.45, 2.75) is 38.8 Å². The van der Waals surface area contributed by atoms with E-state index in [1.807, 2.05) is 11.8 Å².